The van der Waals surface area contributed by atoms with Crippen molar-refractivity contribution in [1.82, 2.24) is 5.32 Å². The van der Waals surface area contributed by atoms with Crippen molar-refractivity contribution in [2.24, 2.45) is 22.5 Å². The van der Waals surface area contributed by atoms with E-state index in [4.69, 9.17) is 5.73 Å². The maximum atomic E-state index is 12.1. The standard InChI is InChI=1S/C17H34N2O/c1-13(8-9-18)6-7-15(20)19-14-10-16(2,3)12-17(4,5)11-14/h13-14H,6-12,18H2,1-5H3,(H,19,20). The first kappa shape index (κ1) is 17.5. The van der Waals surface area contributed by atoms with Gasteiger partial charge in [0.25, 0.3) is 0 Å². The number of carbonyl (C=O) groups excluding carboxylic acids is 1. The Morgan fingerprint density at radius 3 is 2.25 bits per heavy atom. The fraction of sp³-hybridized carbons (Fsp3) is 0.941. The molecule has 0 aromatic heterocycles. The van der Waals surface area contributed by atoms with Gasteiger partial charge >= 0.3 is 0 Å². The third kappa shape index (κ3) is 6.25. The van der Waals surface area contributed by atoms with E-state index >= 15 is 0 Å². The summed E-state index contributed by atoms with van der Waals surface area (Å²) in [4.78, 5) is 12.1. The maximum Gasteiger partial charge on any atom is 0.220 e. The van der Waals surface area contributed by atoms with E-state index in [1.165, 1.54) is 6.42 Å². The molecule has 0 aliphatic heterocycles. The van der Waals surface area contributed by atoms with Gasteiger partial charge in [-0.25, -0.2) is 0 Å². The minimum Gasteiger partial charge on any atom is -0.353 e. The third-order valence-electron chi connectivity index (χ3n) is 4.44. The van der Waals surface area contributed by atoms with Gasteiger partial charge in [0.2, 0.25) is 5.91 Å². The van der Waals surface area contributed by atoms with Crippen molar-refractivity contribution in [3.05, 3.63) is 0 Å². The molecule has 3 nitrogen and oxygen atoms in total. The zero-order valence-electron chi connectivity index (χ0n) is 14.1. The molecular weight excluding hydrogens is 248 g/mol. The molecule has 1 fully saturated rings. The number of hydrogen-bond acceptors (Lipinski definition) is 2. The SMILES string of the molecule is CC(CCN)CCC(=O)NC1CC(C)(C)CC(C)(C)C1. The molecule has 1 atom stereocenters. The Bertz CT molecular complexity index is 307. The summed E-state index contributed by atoms with van der Waals surface area (Å²) in [5.74, 6) is 0.761. The minimum absolute atomic E-state index is 0.215. The van der Waals surface area contributed by atoms with Crippen molar-refractivity contribution in [3.8, 4) is 0 Å². The normalized spacial score (nSPS) is 23.3. The van der Waals surface area contributed by atoms with Crippen LogP contribution in [0.5, 0.6) is 0 Å². The fourth-order valence-corrected chi connectivity index (χ4v) is 4.05. The molecule has 1 unspecified atom stereocenters. The summed E-state index contributed by atoms with van der Waals surface area (Å²) < 4.78 is 0. The van der Waals surface area contributed by atoms with Crippen molar-refractivity contribution < 1.29 is 4.79 Å². The zero-order chi connectivity index (χ0) is 15.4. The van der Waals surface area contributed by atoms with E-state index in [1.807, 2.05) is 0 Å². The largest absolute Gasteiger partial charge is 0.353 e. The van der Waals surface area contributed by atoms with Crippen LogP contribution in [-0.2, 0) is 4.79 Å². The lowest BCUT2D eigenvalue weighted by Gasteiger charge is -2.45. The van der Waals surface area contributed by atoms with E-state index in [2.05, 4.69) is 39.9 Å². The molecular formula is C17H34N2O. The molecule has 3 heteroatoms. The molecule has 20 heavy (non-hydrogen) atoms. The number of amides is 1. The summed E-state index contributed by atoms with van der Waals surface area (Å²) in [5, 5.41) is 3.26. The van der Waals surface area contributed by atoms with Crippen molar-refractivity contribution in [1.29, 1.82) is 0 Å². The number of rotatable bonds is 6. The van der Waals surface area contributed by atoms with Gasteiger partial charge in [-0.1, -0.05) is 34.6 Å². The number of carbonyl (C=O) groups is 1. The van der Waals surface area contributed by atoms with Crippen LogP contribution in [0.25, 0.3) is 0 Å². The second-order valence-corrected chi connectivity index (χ2v) is 8.40. The lowest BCUT2D eigenvalue weighted by atomic mass is 9.63. The Balaban J connectivity index is 2.41. The molecule has 1 rings (SSSR count). The highest BCUT2D eigenvalue weighted by atomic mass is 16.1. The Hall–Kier alpha value is -0.570. The second-order valence-electron chi connectivity index (χ2n) is 8.40. The average molecular weight is 282 g/mol. The van der Waals surface area contributed by atoms with Crippen LogP contribution >= 0.6 is 0 Å². The molecule has 1 saturated carbocycles. The third-order valence-corrected chi connectivity index (χ3v) is 4.44. The van der Waals surface area contributed by atoms with Gasteiger partial charge in [0.15, 0.2) is 0 Å². The van der Waals surface area contributed by atoms with E-state index in [-0.39, 0.29) is 5.91 Å². The predicted molar refractivity (Wildman–Crippen MR) is 85.4 cm³/mol. The first-order chi connectivity index (χ1) is 9.13. The molecule has 0 aromatic rings. The topological polar surface area (TPSA) is 55.1 Å². The van der Waals surface area contributed by atoms with Crippen LogP contribution in [0.2, 0.25) is 0 Å². The van der Waals surface area contributed by atoms with Gasteiger partial charge in [0.1, 0.15) is 0 Å². The van der Waals surface area contributed by atoms with Crippen molar-refractivity contribution >= 4 is 5.91 Å². The number of hydrogen-bond donors (Lipinski definition) is 2. The van der Waals surface area contributed by atoms with Crippen molar-refractivity contribution in [2.45, 2.75) is 79.2 Å². The summed E-state index contributed by atoms with van der Waals surface area (Å²) in [6.07, 6.45) is 6.03. The average Bonchev–Trinajstić information content (AvgIpc) is 2.22. The number of nitrogens with one attached hydrogen (secondary N) is 1. The molecule has 0 bridgehead atoms. The molecule has 118 valence electrons. The van der Waals surface area contributed by atoms with Crippen LogP contribution in [0, 0.1) is 16.7 Å². The van der Waals surface area contributed by atoms with E-state index in [0.717, 1.165) is 25.7 Å². The molecule has 0 radical (unpaired) electrons. The Morgan fingerprint density at radius 1 is 1.20 bits per heavy atom. The molecule has 0 spiro atoms. The first-order valence-corrected chi connectivity index (χ1v) is 8.13. The molecule has 0 saturated heterocycles. The van der Waals surface area contributed by atoms with Crippen LogP contribution in [0.15, 0.2) is 0 Å². The Labute approximate surface area is 125 Å². The quantitative estimate of drug-likeness (QED) is 0.783. The van der Waals surface area contributed by atoms with Gasteiger partial charge in [0, 0.05) is 12.5 Å². The predicted octanol–water partition coefficient (Wildman–Crippen LogP) is 3.47. The zero-order valence-corrected chi connectivity index (χ0v) is 14.1. The summed E-state index contributed by atoms with van der Waals surface area (Å²) in [6, 6.07) is 0.339. The highest BCUT2D eigenvalue weighted by molar-refractivity contribution is 5.76. The van der Waals surface area contributed by atoms with Gasteiger partial charge in [-0.15, -0.1) is 0 Å². The van der Waals surface area contributed by atoms with Crippen LogP contribution in [-0.4, -0.2) is 18.5 Å². The Morgan fingerprint density at radius 2 is 1.75 bits per heavy atom. The smallest absolute Gasteiger partial charge is 0.220 e. The van der Waals surface area contributed by atoms with Crippen LogP contribution in [0.4, 0.5) is 0 Å². The first-order valence-electron chi connectivity index (χ1n) is 8.13. The lowest BCUT2D eigenvalue weighted by molar-refractivity contribution is -0.122. The fourth-order valence-electron chi connectivity index (χ4n) is 4.05. The Kier molecular flexibility index (Phi) is 6.06. The molecule has 1 amide bonds. The summed E-state index contributed by atoms with van der Waals surface area (Å²) >= 11 is 0. The van der Waals surface area contributed by atoms with Crippen molar-refractivity contribution in [3.63, 3.8) is 0 Å². The van der Waals surface area contributed by atoms with E-state index in [1.54, 1.807) is 0 Å². The highest BCUT2D eigenvalue weighted by Gasteiger charge is 2.38. The van der Waals surface area contributed by atoms with Gasteiger partial charge in [-0.3, -0.25) is 4.79 Å². The van der Waals surface area contributed by atoms with Crippen LogP contribution in [0.1, 0.15) is 73.1 Å². The molecule has 0 heterocycles. The maximum absolute atomic E-state index is 12.1. The summed E-state index contributed by atoms with van der Waals surface area (Å²) in [5.41, 5.74) is 6.20. The van der Waals surface area contributed by atoms with E-state index < -0.39 is 0 Å². The molecule has 1 aliphatic rings. The molecule has 1 aliphatic carbocycles. The van der Waals surface area contributed by atoms with E-state index in [9.17, 15) is 4.79 Å². The summed E-state index contributed by atoms with van der Waals surface area (Å²) in [7, 11) is 0. The van der Waals surface area contributed by atoms with Crippen LogP contribution in [0.3, 0.4) is 0 Å². The lowest BCUT2D eigenvalue weighted by Crippen LogP contribution is -2.46. The molecule has 3 N–H and O–H groups in total. The minimum atomic E-state index is 0.215. The second kappa shape index (κ2) is 6.93. The van der Waals surface area contributed by atoms with Gasteiger partial charge in [-0.2, -0.15) is 0 Å². The van der Waals surface area contributed by atoms with Gasteiger partial charge in [-0.05, 0) is 55.4 Å². The van der Waals surface area contributed by atoms with E-state index in [0.29, 0.717) is 35.8 Å². The number of nitrogens with two attached hydrogens (primary N) is 1. The van der Waals surface area contributed by atoms with Crippen molar-refractivity contribution in [2.75, 3.05) is 6.54 Å². The summed E-state index contributed by atoms with van der Waals surface area (Å²) in [6.45, 7) is 12.2. The highest BCUT2D eigenvalue weighted by Crippen LogP contribution is 2.45. The van der Waals surface area contributed by atoms with Crippen LogP contribution < -0.4 is 11.1 Å². The monoisotopic (exact) mass is 282 g/mol. The molecule has 0 aromatic carbocycles. The van der Waals surface area contributed by atoms with Gasteiger partial charge in [0.05, 0.1) is 0 Å². The van der Waals surface area contributed by atoms with Gasteiger partial charge < -0.3 is 11.1 Å².